The minimum absolute atomic E-state index is 0.661. The van der Waals surface area contributed by atoms with E-state index >= 15 is 0 Å². The van der Waals surface area contributed by atoms with Crippen molar-refractivity contribution in [3.63, 3.8) is 0 Å². The molecular weight excluding hydrogens is 182 g/mol. The van der Waals surface area contributed by atoms with Gasteiger partial charge in [-0.1, -0.05) is 0 Å². The van der Waals surface area contributed by atoms with Gasteiger partial charge in [-0.25, -0.2) is 4.57 Å². The van der Waals surface area contributed by atoms with E-state index in [0.29, 0.717) is 19.8 Å². The Kier molecular flexibility index (Phi) is 5.17. The van der Waals surface area contributed by atoms with Gasteiger partial charge in [-0.2, -0.15) is 0 Å². The molecule has 0 aliphatic heterocycles. The van der Waals surface area contributed by atoms with Crippen molar-refractivity contribution in [1.29, 1.82) is 0 Å². The molecule has 0 bridgehead atoms. The van der Waals surface area contributed by atoms with Gasteiger partial charge in [0.25, 0.3) is 6.33 Å². The molecule has 1 aromatic rings. The molecule has 0 radical (unpaired) electrons. The molecule has 0 unspecified atom stereocenters. The van der Waals surface area contributed by atoms with Gasteiger partial charge < -0.3 is 9.47 Å². The molecule has 0 saturated carbocycles. The Morgan fingerprint density at radius 2 is 2.07 bits per heavy atom. The molecule has 0 atom stereocenters. The Morgan fingerprint density at radius 1 is 1.29 bits per heavy atom. The number of nitrogens with zero attached hydrogens (tertiary/aromatic N) is 3. The number of hydrogen-bond donors (Lipinski definition) is 0. The van der Waals surface area contributed by atoms with Crippen molar-refractivity contribution >= 4 is 0 Å². The van der Waals surface area contributed by atoms with E-state index in [0.717, 1.165) is 13.2 Å². The van der Waals surface area contributed by atoms with Crippen molar-refractivity contribution in [1.82, 2.24) is 9.78 Å². The van der Waals surface area contributed by atoms with Gasteiger partial charge in [0.05, 0.1) is 33.4 Å². The van der Waals surface area contributed by atoms with E-state index < -0.39 is 0 Å². The van der Waals surface area contributed by atoms with Crippen LogP contribution in [0.2, 0.25) is 0 Å². The summed E-state index contributed by atoms with van der Waals surface area (Å²) in [6.07, 6.45) is 3.71. The van der Waals surface area contributed by atoms with Crippen LogP contribution in [0.5, 0.6) is 0 Å². The highest BCUT2D eigenvalue weighted by Gasteiger charge is 1.99. The Bertz CT molecular complexity index is 250. The number of aryl methyl sites for hydroxylation is 1. The second-order valence-electron chi connectivity index (χ2n) is 2.97. The van der Waals surface area contributed by atoms with Crippen molar-refractivity contribution in [2.45, 2.75) is 13.5 Å². The molecule has 0 N–H and O–H groups in total. The van der Waals surface area contributed by atoms with E-state index in [1.807, 2.05) is 24.9 Å². The van der Waals surface area contributed by atoms with Crippen LogP contribution in [0.3, 0.4) is 0 Å². The van der Waals surface area contributed by atoms with E-state index in [4.69, 9.17) is 9.47 Å². The third-order valence-electron chi connectivity index (χ3n) is 1.77. The summed E-state index contributed by atoms with van der Waals surface area (Å²) in [7, 11) is 1.90. The third-order valence-corrected chi connectivity index (χ3v) is 1.77. The molecule has 0 saturated heterocycles. The van der Waals surface area contributed by atoms with Crippen molar-refractivity contribution in [2.24, 2.45) is 7.05 Å². The number of aromatic nitrogens is 3. The quantitative estimate of drug-likeness (QED) is 0.450. The van der Waals surface area contributed by atoms with Gasteiger partial charge in [-0.3, -0.25) is 0 Å². The van der Waals surface area contributed by atoms with E-state index in [1.54, 1.807) is 11.0 Å². The second-order valence-corrected chi connectivity index (χ2v) is 2.97. The van der Waals surface area contributed by atoms with Crippen molar-refractivity contribution in [3.05, 3.63) is 12.7 Å². The standard InChI is InChI=1S/C9H18N3O2/c1-3-13-6-7-14-5-4-12-8-10-11(2)9-12/h8-9H,3-7H2,1-2H3/q+1. The average molecular weight is 200 g/mol. The lowest BCUT2D eigenvalue weighted by molar-refractivity contribution is -0.699. The molecule has 0 aliphatic carbocycles. The fraction of sp³-hybridized carbons (Fsp3) is 0.778. The summed E-state index contributed by atoms with van der Waals surface area (Å²) < 4.78 is 14.3. The Labute approximate surface area is 84.2 Å². The maximum absolute atomic E-state index is 5.37. The maximum Gasteiger partial charge on any atom is 0.265 e. The predicted octanol–water partition coefficient (Wildman–Crippen LogP) is -0.239. The molecule has 0 amide bonds. The highest BCUT2D eigenvalue weighted by molar-refractivity contribution is 4.38. The minimum Gasteiger partial charge on any atom is -0.379 e. The average Bonchev–Trinajstić information content (AvgIpc) is 2.58. The molecule has 1 heterocycles. The van der Waals surface area contributed by atoms with Crippen molar-refractivity contribution in [2.75, 3.05) is 26.4 Å². The van der Waals surface area contributed by atoms with Gasteiger partial charge in [-0.15, -0.1) is 4.68 Å². The first-order chi connectivity index (χ1) is 6.83. The molecule has 0 fully saturated rings. The molecule has 1 rings (SSSR count). The van der Waals surface area contributed by atoms with Crippen LogP contribution in [0.1, 0.15) is 6.92 Å². The van der Waals surface area contributed by atoms with Crippen LogP contribution in [0.15, 0.2) is 12.7 Å². The first-order valence-electron chi connectivity index (χ1n) is 4.86. The van der Waals surface area contributed by atoms with Crippen molar-refractivity contribution < 1.29 is 14.0 Å². The Morgan fingerprint density at radius 3 is 2.71 bits per heavy atom. The summed E-state index contributed by atoms with van der Waals surface area (Å²) in [5.41, 5.74) is 0. The summed E-state index contributed by atoms with van der Waals surface area (Å²) >= 11 is 0. The number of hydrogen-bond acceptors (Lipinski definition) is 3. The first-order valence-corrected chi connectivity index (χ1v) is 4.86. The summed E-state index contributed by atoms with van der Waals surface area (Å²) in [6.45, 7) is 5.60. The molecule has 0 spiro atoms. The van der Waals surface area contributed by atoms with Crippen LogP contribution in [0.25, 0.3) is 0 Å². The van der Waals surface area contributed by atoms with Gasteiger partial charge >= 0.3 is 0 Å². The van der Waals surface area contributed by atoms with E-state index in [1.165, 1.54) is 0 Å². The van der Waals surface area contributed by atoms with Crippen LogP contribution >= 0.6 is 0 Å². The number of ether oxygens (including phenoxy) is 2. The number of rotatable bonds is 7. The molecule has 5 heteroatoms. The monoisotopic (exact) mass is 200 g/mol. The van der Waals surface area contributed by atoms with Crippen LogP contribution < -0.4 is 4.57 Å². The van der Waals surface area contributed by atoms with Gasteiger partial charge in [0, 0.05) is 11.7 Å². The smallest absolute Gasteiger partial charge is 0.265 e. The zero-order chi connectivity index (χ0) is 10.2. The van der Waals surface area contributed by atoms with Crippen LogP contribution in [0, 0.1) is 0 Å². The normalized spacial score (nSPS) is 10.7. The molecular formula is C9H18N3O2+. The molecule has 14 heavy (non-hydrogen) atoms. The van der Waals surface area contributed by atoms with Crippen molar-refractivity contribution in [3.8, 4) is 0 Å². The summed E-state index contributed by atoms with van der Waals surface area (Å²) in [5, 5.41) is 4.04. The molecule has 1 aromatic heterocycles. The molecule has 5 nitrogen and oxygen atoms in total. The van der Waals surface area contributed by atoms with Gasteiger partial charge in [0.2, 0.25) is 6.33 Å². The summed E-state index contributed by atoms with van der Waals surface area (Å²) in [4.78, 5) is 0. The maximum atomic E-state index is 5.37. The zero-order valence-corrected chi connectivity index (χ0v) is 8.85. The lowest BCUT2D eigenvalue weighted by Gasteiger charge is -2.02. The van der Waals surface area contributed by atoms with E-state index in [9.17, 15) is 0 Å². The fourth-order valence-electron chi connectivity index (χ4n) is 1.07. The predicted molar refractivity (Wildman–Crippen MR) is 50.7 cm³/mol. The van der Waals surface area contributed by atoms with Crippen LogP contribution in [-0.4, -0.2) is 36.2 Å². The first kappa shape index (κ1) is 11.1. The molecule has 80 valence electrons. The minimum atomic E-state index is 0.661. The Balaban J connectivity index is 1.99. The molecule has 0 aliphatic rings. The van der Waals surface area contributed by atoms with Crippen LogP contribution in [-0.2, 0) is 23.1 Å². The summed E-state index contributed by atoms with van der Waals surface area (Å²) in [6, 6.07) is 0. The fourth-order valence-corrected chi connectivity index (χ4v) is 1.07. The SMILES string of the molecule is CCOCCOCC[n+]1cnn(C)c1. The lowest BCUT2D eigenvalue weighted by Crippen LogP contribution is -2.33. The third kappa shape index (κ3) is 4.34. The zero-order valence-electron chi connectivity index (χ0n) is 8.85. The highest BCUT2D eigenvalue weighted by atomic mass is 16.5. The largest absolute Gasteiger partial charge is 0.379 e. The summed E-state index contributed by atoms with van der Waals surface area (Å²) in [5.74, 6) is 0. The van der Waals surface area contributed by atoms with Crippen LogP contribution in [0.4, 0.5) is 0 Å². The van der Waals surface area contributed by atoms with Gasteiger partial charge in [-0.05, 0) is 6.92 Å². The highest BCUT2D eigenvalue weighted by Crippen LogP contribution is 1.79. The topological polar surface area (TPSA) is 40.2 Å². The van der Waals surface area contributed by atoms with E-state index in [-0.39, 0.29) is 0 Å². The molecule has 0 aromatic carbocycles. The Hall–Kier alpha value is -0.940. The van der Waals surface area contributed by atoms with Gasteiger partial charge in [0.1, 0.15) is 0 Å². The lowest BCUT2D eigenvalue weighted by atomic mass is 10.6. The van der Waals surface area contributed by atoms with Gasteiger partial charge in [0.15, 0.2) is 0 Å². The van der Waals surface area contributed by atoms with E-state index in [2.05, 4.69) is 5.10 Å². The second kappa shape index (κ2) is 6.50.